The van der Waals surface area contributed by atoms with Crippen LogP contribution in [0.2, 0.25) is 10.0 Å². The largest absolute Gasteiger partial charge is 0.451 e. The van der Waals surface area contributed by atoms with E-state index >= 15 is 0 Å². The van der Waals surface area contributed by atoms with Crippen molar-refractivity contribution in [2.75, 3.05) is 6.54 Å². The average molecular weight is 387 g/mol. The Labute approximate surface area is 154 Å². The number of likely N-dealkylation sites (N-methyl/N-ethyl adjacent to an activating group) is 1. The summed E-state index contributed by atoms with van der Waals surface area (Å²) in [6.45, 7) is 4.86. The molecular weight excluding hydrogens is 371 g/mol. The minimum Gasteiger partial charge on any atom is -0.451 e. The van der Waals surface area contributed by atoms with E-state index in [9.17, 15) is 19.2 Å². The molecule has 1 N–H and O–H groups in total. The fourth-order valence-electron chi connectivity index (χ4n) is 2.35. The number of fused-ring (bicyclic) bond motifs is 1. The minimum absolute atomic E-state index is 0.0656. The fourth-order valence-corrected chi connectivity index (χ4v) is 2.68. The van der Waals surface area contributed by atoms with E-state index in [-0.39, 0.29) is 21.2 Å². The molecule has 0 saturated heterocycles. The maximum atomic E-state index is 12.5. The lowest BCUT2D eigenvalue weighted by Crippen LogP contribution is -2.46. The summed E-state index contributed by atoms with van der Waals surface area (Å²) in [6.07, 6.45) is -1.05. The van der Waals surface area contributed by atoms with Gasteiger partial charge in [-0.2, -0.15) is 0 Å². The van der Waals surface area contributed by atoms with E-state index in [0.717, 1.165) is 4.90 Å². The molecule has 134 valence electrons. The van der Waals surface area contributed by atoms with E-state index in [2.05, 4.69) is 5.32 Å². The number of halogens is 2. The van der Waals surface area contributed by atoms with Gasteiger partial charge in [-0.3, -0.25) is 19.3 Å². The first-order chi connectivity index (χ1) is 11.7. The number of ether oxygens (including phenoxy) is 1. The first-order valence-corrected chi connectivity index (χ1v) is 8.29. The Morgan fingerprint density at radius 2 is 1.60 bits per heavy atom. The predicted octanol–water partition coefficient (Wildman–Crippen LogP) is 2.05. The molecule has 0 radical (unpaired) electrons. The highest BCUT2D eigenvalue weighted by Gasteiger charge is 2.42. The highest BCUT2D eigenvalue weighted by Crippen LogP contribution is 2.32. The van der Waals surface area contributed by atoms with Crippen molar-refractivity contribution in [3.8, 4) is 0 Å². The molecule has 0 aromatic heterocycles. The summed E-state index contributed by atoms with van der Waals surface area (Å²) < 4.78 is 5.03. The Morgan fingerprint density at radius 3 is 2.04 bits per heavy atom. The van der Waals surface area contributed by atoms with Crippen molar-refractivity contribution in [1.29, 1.82) is 0 Å². The van der Waals surface area contributed by atoms with Gasteiger partial charge in [0.2, 0.25) is 0 Å². The predicted molar refractivity (Wildman–Crippen MR) is 90.7 cm³/mol. The lowest BCUT2D eigenvalue weighted by atomic mass is 10.1. The van der Waals surface area contributed by atoms with E-state index in [1.54, 1.807) is 6.92 Å². The van der Waals surface area contributed by atoms with E-state index in [1.165, 1.54) is 26.0 Å². The number of carbonyl (C=O) groups is 4. The standard InChI is InChI=1S/C16H16Cl2N2O5/c1-4-19-13(21)8(3)25-16(24)7(2)20-14(22)9-5-11(17)12(18)6-10(9)15(20)23/h5-8H,4H2,1-3H3,(H,19,21)/t7-,8-/m0/s1. The number of hydrogen-bond acceptors (Lipinski definition) is 5. The Morgan fingerprint density at radius 1 is 1.12 bits per heavy atom. The van der Waals surface area contributed by atoms with Crippen LogP contribution in [0.5, 0.6) is 0 Å². The molecule has 0 spiro atoms. The molecule has 1 aliphatic heterocycles. The Hall–Kier alpha value is -2.12. The van der Waals surface area contributed by atoms with Gasteiger partial charge in [0, 0.05) is 6.54 Å². The summed E-state index contributed by atoms with van der Waals surface area (Å²) in [5.41, 5.74) is 0.131. The number of benzene rings is 1. The van der Waals surface area contributed by atoms with Gasteiger partial charge in [-0.15, -0.1) is 0 Å². The van der Waals surface area contributed by atoms with Gasteiger partial charge in [0.15, 0.2) is 6.10 Å². The summed E-state index contributed by atoms with van der Waals surface area (Å²) in [7, 11) is 0. The van der Waals surface area contributed by atoms with Gasteiger partial charge >= 0.3 is 5.97 Å². The highest BCUT2D eigenvalue weighted by atomic mass is 35.5. The number of hydrogen-bond donors (Lipinski definition) is 1. The molecule has 1 aromatic rings. The molecule has 1 aliphatic rings. The minimum atomic E-state index is -1.21. The van der Waals surface area contributed by atoms with Crippen molar-refractivity contribution >= 4 is 46.9 Å². The molecule has 0 saturated carbocycles. The third-order valence-electron chi connectivity index (χ3n) is 3.70. The molecule has 1 heterocycles. The number of rotatable bonds is 5. The number of carbonyl (C=O) groups excluding carboxylic acids is 4. The van der Waals surface area contributed by atoms with Crippen molar-refractivity contribution in [3.05, 3.63) is 33.3 Å². The number of nitrogens with one attached hydrogen (secondary N) is 1. The summed E-state index contributed by atoms with van der Waals surface area (Å²) in [5, 5.41) is 2.77. The van der Waals surface area contributed by atoms with Crippen LogP contribution < -0.4 is 5.32 Å². The smallest absolute Gasteiger partial charge is 0.329 e. The average Bonchev–Trinajstić information content (AvgIpc) is 2.78. The van der Waals surface area contributed by atoms with Gasteiger partial charge in [-0.1, -0.05) is 23.2 Å². The van der Waals surface area contributed by atoms with Gasteiger partial charge in [0.25, 0.3) is 17.7 Å². The topological polar surface area (TPSA) is 92.8 Å². The van der Waals surface area contributed by atoms with Crippen LogP contribution in [-0.4, -0.2) is 47.3 Å². The zero-order valence-corrected chi connectivity index (χ0v) is 15.3. The molecule has 2 rings (SSSR count). The van der Waals surface area contributed by atoms with Gasteiger partial charge in [0.1, 0.15) is 6.04 Å². The maximum Gasteiger partial charge on any atom is 0.329 e. The van der Waals surface area contributed by atoms with E-state index in [0.29, 0.717) is 6.54 Å². The molecule has 25 heavy (non-hydrogen) atoms. The second-order valence-electron chi connectivity index (χ2n) is 5.44. The zero-order chi connectivity index (χ0) is 18.9. The SMILES string of the molecule is CCNC(=O)[C@H](C)OC(=O)[C@H](C)N1C(=O)c2cc(Cl)c(Cl)cc2C1=O. The number of nitrogens with zero attached hydrogens (tertiary/aromatic N) is 1. The number of esters is 1. The quantitative estimate of drug-likeness (QED) is 0.617. The Bertz CT molecular complexity index is 724. The monoisotopic (exact) mass is 386 g/mol. The normalized spacial score (nSPS) is 15.6. The number of imide groups is 1. The maximum absolute atomic E-state index is 12.5. The van der Waals surface area contributed by atoms with Crippen molar-refractivity contribution in [2.24, 2.45) is 0 Å². The highest BCUT2D eigenvalue weighted by molar-refractivity contribution is 6.43. The van der Waals surface area contributed by atoms with Crippen LogP contribution in [0.1, 0.15) is 41.5 Å². The van der Waals surface area contributed by atoms with Gasteiger partial charge in [-0.25, -0.2) is 4.79 Å². The van der Waals surface area contributed by atoms with Crippen molar-refractivity contribution < 1.29 is 23.9 Å². The van der Waals surface area contributed by atoms with Crippen LogP contribution in [0.25, 0.3) is 0 Å². The molecule has 2 atom stereocenters. The molecule has 9 heteroatoms. The van der Waals surface area contributed by atoms with Gasteiger partial charge < -0.3 is 10.1 Å². The first kappa shape index (κ1) is 19.2. The third-order valence-corrected chi connectivity index (χ3v) is 4.42. The van der Waals surface area contributed by atoms with Gasteiger partial charge in [-0.05, 0) is 32.9 Å². The fraction of sp³-hybridized carbons (Fsp3) is 0.375. The lowest BCUT2D eigenvalue weighted by Gasteiger charge is -2.22. The van der Waals surface area contributed by atoms with E-state index < -0.39 is 35.8 Å². The Balaban J connectivity index is 2.19. The molecule has 0 unspecified atom stereocenters. The third kappa shape index (κ3) is 3.62. The molecule has 0 fully saturated rings. The molecule has 0 bridgehead atoms. The summed E-state index contributed by atoms with van der Waals surface area (Å²) in [4.78, 5) is 49.5. The second-order valence-corrected chi connectivity index (χ2v) is 6.26. The summed E-state index contributed by atoms with van der Waals surface area (Å²) in [6, 6.07) is 1.37. The van der Waals surface area contributed by atoms with Crippen molar-refractivity contribution in [1.82, 2.24) is 10.2 Å². The summed E-state index contributed by atoms with van der Waals surface area (Å²) in [5.74, 6) is -2.68. The van der Waals surface area contributed by atoms with Crippen molar-refractivity contribution in [2.45, 2.75) is 32.9 Å². The molecule has 7 nitrogen and oxygen atoms in total. The van der Waals surface area contributed by atoms with Crippen LogP contribution in [0.15, 0.2) is 12.1 Å². The second kappa shape index (κ2) is 7.41. The first-order valence-electron chi connectivity index (χ1n) is 7.54. The lowest BCUT2D eigenvalue weighted by molar-refractivity contribution is -0.158. The molecule has 3 amide bonds. The van der Waals surface area contributed by atoms with Gasteiger partial charge in [0.05, 0.1) is 21.2 Å². The zero-order valence-electron chi connectivity index (χ0n) is 13.8. The summed E-state index contributed by atoms with van der Waals surface area (Å²) >= 11 is 11.8. The number of amides is 3. The van der Waals surface area contributed by atoms with Crippen LogP contribution in [0.3, 0.4) is 0 Å². The molecular formula is C16H16Cl2N2O5. The molecule has 0 aliphatic carbocycles. The van der Waals surface area contributed by atoms with E-state index in [4.69, 9.17) is 27.9 Å². The van der Waals surface area contributed by atoms with Crippen LogP contribution >= 0.6 is 23.2 Å². The van der Waals surface area contributed by atoms with Crippen LogP contribution in [0, 0.1) is 0 Å². The van der Waals surface area contributed by atoms with Crippen LogP contribution in [-0.2, 0) is 14.3 Å². The van der Waals surface area contributed by atoms with Crippen LogP contribution in [0.4, 0.5) is 0 Å². The van der Waals surface area contributed by atoms with E-state index in [1.807, 2.05) is 0 Å². The Kier molecular flexibility index (Phi) is 5.69. The van der Waals surface area contributed by atoms with Crippen molar-refractivity contribution in [3.63, 3.8) is 0 Å². The molecule has 1 aromatic carbocycles.